The predicted octanol–water partition coefficient (Wildman–Crippen LogP) is -0.0567. The SMILES string of the molecule is O=C(O)c1nc(CCO)n2c1C(O)CCC2. The first-order chi connectivity index (χ1) is 7.65. The number of aliphatic hydroxyl groups is 2. The Hall–Kier alpha value is -1.40. The van der Waals surface area contributed by atoms with Gasteiger partial charge in [0.1, 0.15) is 5.82 Å². The summed E-state index contributed by atoms with van der Waals surface area (Å²) in [6.45, 7) is 0.577. The Morgan fingerprint density at radius 1 is 1.56 bits per heavy atom. The normalized spacial score (nSPS) is 19.5. The molecule has 0 saturated heterocycles. The number of carbonyl (C=O) groups is 1. The summed E-state index contributed by atoms with van der Waals surface area (Å²) in [6, 6.07) is 0. The van der Waals surface area contributed by atoms with E-state index in [9.17, 15) is 9.90 Å². The van der Waals surface area contributed by atoms with Crippen LogP contribution in [0, 0.1) is 0 Å². The number of aromatic nitrogens is 2. The Morgan fingerprint density at radius 3 is 2.94 bits per heavy atom. The molecule has 0 aromatic carbocycles. The molecule has 0 spiro atoms. The Labute approximate surface area is 92.2 Å². The fourth-order valence-electron chi connectivity index (χ4n) is 2.13. The molecule has 1 unspecified atom stereocenters. The van der Waals surface area contributed by atoms with Crippen molar-refractivity contribution < 1.29 is 20.1 Å². The third-order valence-electron chi connectivity index (χ3n) is 2.80. The van der Waals surface area contributed by atoms with Crippen molar-refractivity contribution in [3.8, 4) is 0 Å². The lowest BCUT2D eigenvalue weighted by molar-refractivity contribution is 0.0677. The van der Waals surface area contributed by atoms with E-state index in [1.807, 2.05) is 0 Å². The summed E-state index contributed by atoms with van der Waals surface area (Å²) in [7, 11) is 0. The van der Waals surface area contributed by atoms with E-state index in [0.717, 1.165) is 6.42 Å². The molecule has 6 heteroatoms. The smallest absolute Gasteiger partial charge is 0.356 e. The van der Waals surface area contributed by atoms with Gasteiger partial charge in [-0.15, -0.1) is 0 Å². The number of aromatic carboxylic acids is 1. The van der Waals surface area contributed by atoms with Crippen LogP contribution in [0.5, 0.6) is 0 Å². The highest BCUT2D eigenvalue weighted by atomic mass is 16.4. The Kier molecular flexibility index (Phi) is 2.93. The topological polar surface area (TPSA) is 95.6 Å². The number of rotatable bonds is 3. The fourth-order valence-corrected chi connectivity index (χ4v) is 2.13. The van der Waals surface area contributed by atoms with E-state index in [0.29, 0.717) is 30.9 Å². The van der Waals surface area contributed by atoms with Crippen LogP contribution in [0.3, 0.4) is 0 Å². The maximum absolute atomic E-state index is 11.0. The maximum atomic E-state index is 11.0. The van der Waals surface area contributed by atoms with Crippen LogP contribution >= 0.6 is 0 Å². The van der Waals surface area contributed by atoms with Gasteiger partial charge in [0.15, 0.2) is 5.69 Å². The molecule has 1 aromatic heterocycles. The van der Waals surface area contributed by atoms with Crippen LogP contribution in [0.25, 0.3) is 0 Å². The van der Waals surface area contributed by atoms with Crippen LogP contribution in [0.2, 0.25) is 0 Å². The van der Waals surface area contributed by atoms with Crippen LogP contribution in [0.15, 0.2) is 0 Å². The van der Waals surface area contributed by atoms with Gasteiger partial charge >= 0.3 is 5.97 Å². The molecule has 1 aliphatic heterocycles. The Morgan fingerprint density at radius 2 is 2.31 bits per heavy atom. The molecule has 6 nitrogen and oxygen atoms in total. The lowest BCUT2D eigenvalue weighted by atomic mass is 10.1. The molecule has 88 valence electrons. The van der Waals surface area contributed by atoms with Crippen molar-refractivity contribution in [3.05, 3.63) is 17.2 Å². The van der Waals surface area contributed by atoms with Gasteiger partial charge < -0.3 is 19.9 Å². The molecule has 1 aromatic rings. The summed E-state index contributed by atoms with van der Waals surface area (Å²) in [4.78, 5) is 15.0. The zero-order chi connectivity index (χ0) is 11.7. The lowest BCUT2D eigenvalue weighted by Crippen LogP contribution is -2.19. The van der Waals surface area contributed by atoms with E-state index in [-0.39, 0.29) is 12.3 Å². The second-order valence-electron chi connectivity index (χ2n) is 3.85. The van der Waals surface area contributed by atoms with Gasteiger partial charge in [0, 0.05) is 13.0 Å². The zero-order valence-electron chi connectivity index (χ0n) is 8.76. The van der Waals surface area contributed by atoms with Crippen LogP contribution < -0.4 is 0 Å². The van der Waals surface area contributed by atoms with Gasteiger partial charge in [0.2, 0.25) is 0 Å². The summed E-state index contributed by atoms with van der Waals surface area (Å²) in [5.41, 5.74) is 0.290. The molecule has 1 aliphatic rings. The van der Waals surface area contributed by atoms with Crippen molar-refractivity contribution >= 4 is 5.97 Å². The number of carboxylic acid groups (broad SMARTS) is 1. The summed E-state index contributed by atoms with van der Waals surface area (Å²) in [5, 5.41) is 27.6. The molecule has 0 radical (unpaired) electrons. The first-order valence-corrected chi connectivity index (χ1v) is 5.26. The lowest BCUT2D eigenvalue weighted by Gasteiger charge is -2.21. The first-order valence-electron chi connectivity index (χ1n) is 5.26. The predicted molar refractivity (Wildman–Crippen MR) is 54.2 cm³/mol. The van der Waals surface area contributed by atoms with Gasteiger partial charge in [0.25, 0.3) is 0 Å². The largest absolute Gasteiger partial charge is 0.476 e. The number of fused-ring (bicyclic) bond motifs is 1. The van der Waals surface area contributed by atoms with Crippen LogP contribution in [-0.2, 0) is 13.0 Å². The molecular weight excluding hydrogens is 212 g/mol. The Bertz CT molecular complexity index is 413. The van der Waals surface area contributed by atoms with Crippen molar-refractivity contribution in [3.63, 3.8) is 0 Å². The number of imidazole rings is 1. The van der Waals surface area contributed by atoms with Gasteiger partial charge in [-0.3, -0.25) is 0 Å². The molecule has 0 aliphatic carbocycles. The standard InChI is InChI=1S/C10H14N2O4/c13-5-3-7-11-8(10(15)16)9-6(14)2-1-4-12(7)9/h6,13-14H,1-5H2,(H,15,16). The molecule has 0 saturated carbocycles. The monoisotopic (exact) mass is 226 g/mol. The van der Waals surface area contributed by atoms with E-state index in [4.69, 9.17) is 10.2 Å². The van der Waals surface area contributed by atoms with Gasteiger partial charge in [-0.2, -0.15) is 0 Å². The summed E-state index contributed by atoms with van der Waals surface area (Å²) < 4.78 is 1.72. The maximum Gasteiger partial charge on any atom is 0.356 e. The highest BCUT2D eigenvalue weighted by Gasteiger charge is 2.29. The van der Waals surface area contributed by atoms with Crippen LogP contribution in [0.4, 0.5) is 0 Å². The quantitative estimate of drug-likeness (QED) is 0.671. The average Bonchev–Trinajstić information content (AvgIpc) is 2.60. The second-order valence-corrected chi connectivity index (χ2v) is 3.85. The van der Waals surface area contributed by atoms with E-state index >= 15 is 0 Å². The summed E-state index contributed by atoms with van der Waals surface area (Å²) >= 11 is 0. The molecule has 2 rings (SSSR count). The van der Waals surface area contributed by atoms with Crippen LogP contribution in [-0.4, -0.2) is 37.4 Å². The first kappa shape index (κ1) is 11.1. The third kappa shape index (κ3) is 1.70. The van der Waals surface area contributed by atoms with Crippen molar-refractivity contribution in [1.29, 1.82) is 0 Å². The number of aliphatic hydroxyl groups excluding tert-OH is 2. The fraction of sp³-hybridized carbons (Fsp3) is 0.600. The summed E-state index contributed by atoms with van der Waals surface area (Å²) in [6.07, 6.45) is 0.902. The van der Waals surface area contributed by atoms with Gasteiger partial charge in [-0.25, -0.2) is 9.78 Å². The molecule has 3 N–H and O–H groups in total. The second kappa shape index (κ2) is 4.23. The van der Waals surface area contributed by atoms with E-state index in [1.54, 1.807) is 4.57 Å². The van der Waals surface area contributed by atoms with Gasteiger partial charge in [0.05, 0.1) is 18.4 Å². The number of hydrogen-bond acceptors (Lipinski definition) is 4. The van der Waals surface area contributed by atoms with Crippen molar-refractivity contribution in [2.75, 3.05) is 6.61 Å². The van der Waals surface area contributed by atoms with E-state index in [2.05, 4.69) is 4.98 Å². The van der Waals surface area contributed by atoms with Crippen molar-refractivity contribution in [2.24, 2.45) is 0 Å². The minimum atomic E-state index is -1.13. The average molecular weight is 226 g/mol. The third-order valence-corrected chi connectivity index (χ3v) is 2.80. The van der Waals surface area contributed by atoms with Crippen LogP contribution in [0.1, 0.15) is 41.0 Å². The van der Waals surface area contributed by atoms with Gasteiger partial charge in [-0.05, 0) is 12.8 Å². The molecule has 0 amide bonds. The minimum Gasteiger partial charge on any atom is -0.476 e. The summed E-state index contributed by atoms with van der Waals surface area (Å²) in [5.74, 6) is -0.595. The Balaban J connectivity index is 2.51. The zero-order valence-corrected chi connectivity index (χ0v) is 8.76. The number of nitrogens with zero attached hydrogens (tertiary/aromatic N) is 2. The molecule has 0 fully saturated rings. The molecule has 16 heavy (non-hydrogen) atoms. The molecule has 0 bridgehead atoms. The highest BCUT2D eigenvalue weighted by Crippen LogP contribution is 2.29. The van der Waals surface area contributed by atoms with Gasteiger partial charge in [-0.1, -0.05) is 0 Å². The molecule has 2 heterocycles. The molecular formula is C10H14N2O4. The van der Waals surface area contributed by atoms with Crippen molar-refractivity contribution in [1.82, 2.24) is 9.55 Å². The minimum absolute atomic E-state index is 0.0778. The highest BCUT2D eigenvalue weighted by molar-refractivity contribution is 5.87. The number of carboxylic acids is 1. The van der Waals surface area contributed by atoms with E-state index < -0.39 is 12.1 Å². The van der Waals surface area contributed by atoms with E-state index in [1.165, 1.54) is 0 Å². The van der Waals surface area contributed by atoms with Crippen molar-refractivity contribution in [2.45, 2.75) is 31.9 Å². The number of hydrogen-bond donors (Lipinski definition) is 3. The molecule has 1 atom stereocenters.